The third kappa shape index (κ3) is 2.94. The number of nitrogens with zero attached hydrogens (tertiary/aromatic N) is 2. The highest BCUT2D eigenvalue weighted by Gasteiger charge is 2.24. The summed E-state index contributed by atoms with van der Waals surface area (Å²) in [6, 6.07) is 10.0. The van der Waals surface area contributed by atoms with Gasteiger partial charge in [-0.25, -0.2) is 4.98 Å². The van der Waals surface area contributed by atoms with E-state index in [2.05, 4.69) is 24.6 Å². The van der Waals surface area contributed by atoms with Crippen LogP contribution in [0.4, 0.5) is 0 Å². The molecule has 0 aliphatic heterocycles. The molecule has 0 saturated carbocycles. The van der Waals surface area contributed by atoms with E-state index in [4.69, 9.17) is 16.4 Å². The lowest BCUT2D eigenvalue weighted by atomic mass is 10.2. The molecule has 0 saturated heterocycles. The predicted molar refractivity (Wildman–Crippen MR) is 76.9 cm³/mol. The van der Waals surface area contributed by atoms with Gasteiger partial charge in [0.15, 0.2) is 0 Å². The molecule has 1 heterocycles. The third-order valence-electron chi connectivity index (χ3n) is 2.65. The normalized spacial score (nSPS) is 11.6. The number of rotatable bonds is 4. The number of imidazole rings is 1. The minimum Gasteiger partial charge on any atom is -0.407 e. The van der Waals surface area contributed by atoms with Crippen molar-refractivity contribution in [3.8, 4) is 0 Å². The molecule has 0 bridgehead atoms. The number of aromatic nitrogens is 2. The summed E-state index contributed by atoms with van der Waals surface area (Å²) in [5, 5.41) is 1.49. The first kappa shape index (κ1) is 13.2. The Kier molecular flexibility index (Phi) is 3.78. The van der Waals surface area contributed by atoms with Crippen LogP contribution in [0.1, 0.15) is 5.56 Å². The summed E-state index contributed by atoms with van der Waals surface area (Å²) >= 11 is 6.07. The van der Waals surface area contributed by atoms with E-state index in [1.807, 2.05) is 36.5 Å². The molecule has 0 fully saturated rings. The zero-order valence-corrected chi connectivity index (χ0v) is 12.6. The summed E-state index contributed by atoms with van der Waals surface area (Å²) in [7, 11) is -1.50. The van der Waals surface area contributed by atoms with Crippen LogP contribution < -0.4 is 10.2 Å². The van der Waals surface area contributed by atoms with Gasteiger partial charge in [0.05, 0.1) is 5.32 Å². The Hall–Kier alpha value is -1.26. The number of benzene rings is 1. The molecule has 96 valence electrons. The van der Waals surface area contributed by atoms with E-state index < -0.39 is 8.07 Å². The monoisotopic (exact) mass is 280 g/mol. The Balaban J connectivity index is 2.17. The zero-order valence-electron chi connectivity index (χ0n) is 10.9. The lowest BCUT2D eigenvalue weighted by Crippen LogP contribution is -2.44. The fourth-order valence-corrected chi connectivity index (χ4v) is 3.14. The molecule has 0 aliphatic rings. The molecule has 1 aromatic carbocycles. The minimum absolute atomic E-state index is 0.392. The Bertz CT molecular complexity index is 520. The fraction of sp³-hybridized carbons (Fsp3) is 0.308. The maximum Gasteiger partial charge on any atom is 0.236 e. The van der Waals surface area contributed by atoms with Crippen molar-refractivity contribution in [1.29, 1.82) is 0 Å². The van der Waals surface area contributed by atoms with Crippen LogP contribution in [-0.4, -0.2) is 17.8 Å². The molecule has 18 heavy (non-hydrogen) atoms. The SMILES string of the molecule is C[Si](C)(C)c1cnc(Cl)n1OCc1ccccc1. The Morgan fingerprint density at radius 3 is 2.50 bits per heavy atom. The minimum atomic E-state index is -1.50. The maximum absolute atomic E-state index is 6.07. The van der Waals surface area contributed by atoms with Crippen molar-refractivity contribution in [2.75, 3.05) is 0 Å². The summed E-state index contributed by atoms with van der Waals surface area (Å²) in [6.07, 6.45) is 1.82. The fourth-order valence-electron chi connectivity index (χ4n) is 1.65. The van der Waals surface area contributed by atoms with E-state index in [9.17, 15) is 0 Å². The smallest absolute Gasteiger partial charge is 0.236 e. The van der Waals surface area contributed by atoms with Crippen molar-refractivity contribution in [2.45, 2.75) is 26.2 Å². The van der Waals surface area contributed by atoms with Crippen LogP contribution in [0.5, 0.6) is 0 Å². The van der Waals surface area contributed by atoms with Crippen molar-refractivity contribution in [1.82, 2.24) is 9.71 Å². The number of halogens is 1. The standard InChI is InChI=1S/C13H17ClN2OSi/c1-18(2,3)12-9-15-13(14)16(12)17-10-11-7-5-4-6-8-11/h4-9H,10H2,1-3H3. The molecule has 0 amide bonds. The van der Waals surface area contributed by atoms with Crippen LogP contribution in [0.3, 0.4) is 0 Å². The van der Waals surface area contributed by atoms with Crippen molar-refractivity contribution in [3.05, 3.63) is 47.4 Å². The van der Waals surface area contributed by atoms with Gasteiger partial charge in [0.25, 0.3) is 0 Å². The van der Waals surface area contributed by atoms with Gasteiger partial charge in [0.2, 0.25) is 5.28 Å². The Labute approximate surface area is 113 Å². The molecule has 1 aromatic heterocycles. The highest BCUT2D eigenvalue weighted by Crippen LogP contribution is 2.09. The van der Waals surface area contributed by atoms with E-state index in [1.54, 1.807) is 4.73 Å². The van der Waals surface area contributed by atoms with Gasteiger partial charge < -0.3 is 4.84 Å². The molecule has 0 spiro atoms. The molecule has 0 aliphatic carbocycles. The molecular weight excluding hydrogens is 264 g/mol. The summed E-state index contributed by atoms with van der Waals surface area (Å²) in [4.78, 5) is 9.91. The summed E-state index contributed by atoms with van der Waals surface area (Å²) in [6.45, 7) is 7.21. The molecule has 2 rings (SSSR count). The maximum atomic E-state index is 6.07. The highest BCUT2D eigenvalue weighted by atomic mass is 35.5. The van der Waals surface area contributed by atoms with Crippen molar-refractivity contribution in [2.24, 2.45) is 0 Å². The summed E-state index contributed by atoms with van der Waals surface area (Å²) < 4.78 is 1.67. The van der Waals surface area contributed by atoms with Crippen LogP contribution in [-0.2, 0) is 6.61 Å². The lowest BCUT2D eigenvalue weighted by Gasteiger charge is -2.19. The number of hydrogen-bond acceptors (Lipinski definition) is 2. The van der Waals surface area contributed by atoms with E-state index in [0.29, 0.717) is 11.9 Å². The first-order valence-corrected chi connectivity index (χ1v) is 9.77. The van der Waals surface area contributed by atoms with E-state index in [1.165, 1.54) is 0 Å². The molecule has 0 N–H and O–H groups in total. The van der Waals surface area contributed by atoms with Gasteiger partial charge in [-0.1, -0.05) is 50.0 Å². The Morgan fingerprint density at radius 2 is 1.89 bits per heavy atom. The summed E-state index contributed by atoms with van der Waals surface area (Å²) in [5.74, 6) is 0. The van der Waals surface area contributed by atoms with E-state index >= 15 is 0 Å². The average molecular weight is 281 g/mol. The van der Waals surface area contributed by atoms with E-state index in [0.717, 1.165) is 10.9 Å². The molecule has 0 radical (unpaired) electrons. The lowest BCUT2D eigenvalue weighted by molar-refractivity contribution is 0.103. The first-order valence-electron chi connectivity index (χ1n) is 5.89. The third-order valence-corrected chi connectivity index (χ3v) is 4.77. The van der Waals surface area contributed by atoms with Crippen molar-refractivity contribution < 1.29 is 4.84 Å². The molecule has 5 heteroatoms. The van der Waals surface area contributed by atoms with Gasteiger partial charge >= 0.3 is 0 Å². The second-order valence-electron chi connectivity index (χ2n) is 5.22. The molecule has 0 unspecified atom stereocenters. The topological polar surface area (TPSA) is 27.1 Å². The van der Waals surface area contributed by atoms with Crippen LogP contribution in [0, 0.1) is 0 Å². The molecule has 2 aromatic rings. The predicted octanol–water partition coefficient (Wildman–Crippen LogP) is 2.71. The van der Waals surface area contributed by atoms with Crippen LogP contribution in [0.2, 0.25) is 24.9 Å². The van der Waals surface area contributed by atoms with Crippen LogP contribution in [0.15, 0.2) is 36.5 Å². The summed E-state index contributed by atoms with van der Waals surface area (Å²) in [5.41, 5.74) is 1.11. The molecule has 0 atom stereocenters. The van der Waals surface area contributed by atoms with Gasteiger partial charge in [-0.05, 0) is 17.2 Å². The van der Waals surface area contributed by atoms with Gasteiger partial charge in [-0.2, -0.15) is 4.73 Å². The average Bonchev–Trinajstić information content (AvgIpc) is 2.69. The highest BCUT2D eigenvalue weighted by molar-refractivity contribution is 6.88. The largest absolute Gasteiger partial charge is 0.407 e. The second-order valence-corrected chi connectivity index (χ2v) is 10.6. The van der Waals surface area contributed by atoms with Crippen LogP contribution in [0.25, 0.3) is 0 Å². The van der Waals surface area contributed by atoms with Crippen LogP contribution >= 0.6 is 11.6 Å². The zero-order chi connectivity index (χ0) is 13.2. The van der Waals surface area contributed by atoms with Gasteiger partial charge in [-0.3, -0.25) is 0 Å². The quantitative estimate of drug-likeness (QED) is 0.805. The first-order chi connectivity index (χ1) is 8.48. The molecule has 3 nitrogen and oxygen atoms in total. The molecular formula is C13H17ClN2OSi. The van der Waals surface area contributed by atoms with Gasteiger partial charge in [-0.15, -0.1) is 0 Å². The number of hydrogen-bond donors (Lipinski definition) is 0. The second kappa shape index (κ2) is 5.16. The van der Waals surface area contributed by atoms with Gasteiger partial charge in [0, 0.05) is 6.20 Å². The van der Waals surface area contributed by atoms with Crippen molar-refractivity contribution >= 4 is 25.0 Å². The Morgan fingerprint density at radius 1 is 1.22 bits per heavy atom. The van der Waals surface area contributed by atoms with Gasteiger partial charge in [0.1, 0.15) is 14.7 Å². The van der Waals surface area contributed by atoms with E-state index in [-0.39, 0.29) is 0 Å². The van der Waals surface area contributed by atoms with Crippen molar-refractivity contribution in [3.63, 3.8) is 0 Å².